The Kier molecular flexibility index (Phi) is 4.39. The predicted octanol–water partition coefficient (Wildman–Crippen LogP) is 6.68. The van der Waals surface area contributed by atoms with Crippen molar-refractivity contribution in [2.75, 3.05) is 10.2 Å². The third-order valence-corrected chi connectivity index (χ3v) is 7.98. The van der Waals surface area contributed by atoms with Crippen molar-refractivity contribution in [2.45, 2.75) is 15.7 Å². The highest BCUT2D eigenvalue weighted by Gasteiger charge is 2.44. The Hall–Kier alpha value is -3.47. The first-order chi connectivity index (χ1) is 15.7. The van der Waals surface area contributed by atoms with E-state index in [4.69, 9.17) is 0 Å². The molecule has 0 fully saturated rings. The van der Waals surface area contributed by atoms with E-state index in [-0.39, 0.29) is 5.82 Å². The van der Waals surface area contributed by atoms with Crippen molar-refractivity contribution in [3.63, 3.8) is 0 Å². The number of rotatable bonds is 1. The van der Waals surface area contributed by atoms with Crippen LogP contribution >= 0.6 is 23.5 Å². The van der Waals surface area contributed by atoms with E-state index in [1.807, 2.05) is 53.4 Å². The molecule has 0 spiro atoms. The molecule has 6 rings (SSSR count). The molecule has 0 saturated heterocycles. The molecule has 32 heavy (non-hydrogen) atoms. The van der Waals surface area contributed by atoms with E-state index in [0.29, 0.717) is 11.4 Å². The normalized spacial score (nSPS) is 21.1. The van der Waals surface area contributed by atoms with Gasteiger partial charge in [-0.05, 0) is 42.0 Å². The Morgan fingerprint density at radius 1 is 0.938 bits per heavy atom. The molecule has 0 unspecified atom stereocenters. The Morgan fingerprint density at radius 3 is 2.41 bits per heavy atom. The predicted molar refractivity (Wildman–Crippen MR) is 127 cm³/mol. The van der Waals surface area contributed by atoms with Gasteiger partial charge in [0.25, 0.3) is 0 Å². The van der Waals surface area contributed by atoms with Gasteiger partial charge >= 0.3 is 0 Å². The van der Waals surface area contributed by atoms with Crippen LogP contribution in [-0.2, 0) is 0 Å². The fourth-order valence-electron chi connectivity index (χ4n) is 4.29. The van der Waals surface area contributed by atoms with Gasteiger partial charge in [-0.15, -0.1) is 0 Å². The third-order valence-electron chi connectivity index (χ3n) is 5.72. The van der Waals surface area contributed by atoms with Crippen molar-refractivity contribution in [2.24, 2.45) is 0 Å². The summed E-state index contributed by atoms with van der Waals surface area (Å²) in [4.78, 5) is 3.95. The molecule has 3 aromatic rings. The van der Waals surface area contributed by atoms with E-state index in [0.717, 1.165) is 42.4 Å². The average molecular weight is 455 g/mol. The number of nitrogens with one attached hydrogen (secondary N) is 2. The van der Waals surface area contributed by atoms with Gasteiger partial charge in [0.05, 0.1) is 34.0 Å². The SMILES string of the molecule is N#CC1=C2Sc3ccccc3N2C(=N)C(=C2Nc3ccccc3S2)[C@@H]1c1ccc(F)cc1. The molecule has 0 aliphatic carbocycles. The van der Waals surface area contributed by atoms with Crippen LogP contribution in [0.5, 0.6) is 0 Å². The van der Waals surface area contributed by atoms with Crippen molar-refractivity contribution >= 4 is 40.7 Å². The number of thioether (sulfide) groups is 2. The number of fused-ring (bicyclic) bond motifs is 4. The van der Waals surface area contributed by atoms with Crippen molar-refractivity contribution in [1.29, 1.82) is 10.7 Å². The van der Waals surface area contributed by atoms with Crippen molar-refractivity contribution in [1.82, 2.24) is 0 Å². The molecule has 0 radical (unpaired) electrons. The van der Waals surface area contributed by atoms with Crippen LogP contribution in [0.1, 0.15) is 11.5 Å². The van der Waals surface area contributed by atoms with E-state index in [1.54, 1.807) is 23.9 Å². The number of halogens is 1. The first-order valence-corrected chi connectivity index (χ1v) is 11.6. The molecule has 0 aromatic heterocycles. The first-order valence-electron chi connectivity index (χ1n) is 9.99. The first kappa shape index (κ1) is 19.2. The maximum absolute atomic E-state index is 13.7. The lowest BCUT2D eigenvalue weighted by molar-refractivity contribution is 0.627. The molecule has 7 heteroatoms. The second-order valence-corrected chi connectivity index (χ2v) is 9.62. The Balaban J connectivity index is 1.61. The molecule has 3 aromatic carbocycles. The van der Waals surface area contributed by atoms with Crippen LogP contribution < -0.4 is 10.2 Å². The molecular formula is C25H15FN4S2. The molecule has 154 valence electrons. The van der Waals surface area contributed by atoms with E-state index < -0.39 is 5.92 Å². The van der Waals surface area contributed by atoms with E-state index in [2.05, 4.69) is 11.4 Å². The fraction of sp³-hybridized carbons (Fsp3) is 0.0400. The zero-order chi connectivity index (χ0) is 21.8. The summed E-state index contributed by atoms with van der Waals surface area (Å²) in [5.41, 5.74) is 3.96. The zero-order valence-corrected chi connectivity index (χ0v) is 18.2. The van der Waals surface area contributed by atoms with Gasteiger partial charge in [-0.2, -0.15) is 5.26 Å². The van der Waals surface area contributed by atoms with Gasteiger partial charge in [-0.25, -0.2) is 4.39 Å². The van der Waals surface area contributed by atoms with Crippen molar-refractivity contribution in [3.05, 3.63) is 105 Å². The smallest absolute Gasteiger partial charge is 0.137 e. The minimum Gasteiger partial charge on any atom is -0.349 e. The zero-order valence-electron chi connectivity index (χ0n) is 16.6. The maximum atomic E-state index is 13.7. The van der Waals surface area contributed by atoms with Crippen LogP contribution in [0.3, 0.4) is 0 Å². The summed E-state index contributed by atoms with van der Waals surface area (Å²) in [7, 11) is 0. The summed E-state index contributed by atoms with van der Waals surface area (Å²) in [5, 5.41) is 24.6. The van der Waals surface area contributed by atoms with Gasteiger partial charge in [0.15, 0.2) is 0 Å². The minimum atomic E-state index is -0.467. The van der Waals surface area contributed by atoms with Crippen LogP contribution in [0.4, 0.5) is 15.8 Å². The third kappa shape index (κ3) is 2.80. The van der Waals surface area contributed by atoms with Crippen LogP contribution in [0, 0.1) is 22.6 Å². The average Bonchev–Trinajstić information content (AvgIpc) is 3.41. The van der Waals surface area contributed by atoms with Gasteiger partial charge in [0, 0.05) is 15.4 Å². The van der Waals surface area contributed by atoms with Crippen molar-refractivity contribution < 1.29 is 4.39 Å². The highest BCUT2D eigenvalue weighted by atomic mass is 32.2. The lowest BCUT2D eigenvalue weighted by Gasteiger charge is -2.35. The number of hydrogen-bond donors (Lipinski definition) is 2. The van der Waals surface area contributed by atoms with Crippen LogP contribution in [0.2, 0.25) is 0 Å². The quantitative estimate of drug-likeness (QED) is 0.430. The summed E-state index contributed by atoms with van der Waals surface area (Å²) in [6.07, 6.45) is 0. The molecule has 0 saturated carbocycles. The number of hydrogen-bond acceptors (Lipinski definition) is 5. The van der Waals surface area contributed by atoms with Gasteiger partial charge in [0.2, 0.25) is 0 Å². The highest BCUT2D eigenvalue weighted by molar-refractivity contribution is 8.04. The molecule has 3 heterocycles. The second kappa shape index (κ2) is 7.30. The summed E-state index contributed by atoms with van der Waals surface area (Å²) >= 11 is 3.07. The van der Waals surface area contributed by atoms with Gasteiger partial charge in [0.1, 0.15) is 16.7 Å². The highest BCUT2D eigenvalue weighted by Crippen LogP contribution is 2.56. The Morgan fingerprint density at radius 2 is 1.66 bits per heavy atom. The van der Waals surface area contributed by atoms with Crippen LogP contribution in [-0.4, -0.2) is 5.84 Å². The standard InChI is InChI=1S/C25H15FN4S2/c26-15-11-9-14(10-12-15)21-16(13-27)25-30(18-6-2-4-8-20(18)32-25)23(28)22(21)24-29-17-5-1-3-7-19(17)31-24/h1-12,21,28-29H/t21-/m1/s1. The number of allylic oxidation sites excluding steroid dienone is 1. The summed E-state index contributed by atoms with van der Waals surface area (Å²) in [6.45, 7) is 0. The fourth-order valence-corrected chi connectivity index (χ4v) is 6.54. The Bertz CT molecular complexity index is 1370. The van der Waals surface area contributed by atoms with Crippen LogP contribution in [0.15, 0.2) is 104 Å². The summed E-state index contributed by atoms with van der Waals surface area (Å²) in [6, 6.07) is 24.5. The van der Waals surface area contributed by atoms with E-state index in [9.17, 15) is 15.1 Å². The van der Waals surface area contributed by atoms with E-state index in [1.165, 1.54) is 23.9 Å². The summed E-state index contributed by atoms with van der Waals surface area (Å²) < 4.78 is 13.7. The topological polar surface area (TPSA) is 62.9 Å². The summed E-state index contributed by atoms with van der Waals surface area (Å²) in [5.74, 6) is -0.468. The minimum absolute atomic E-state index is 0.327. The molecule has 3 aliphatic heterocycles. The van der Waals surface area contributed by atoms with Crippen molar-refractivity contribution in [3.8, 4) is 6.07 Å². The number of anilines is 2. The maximum Gasteiger partial charge on any atom is 0.137 e. The molecule has 0 bridgehead atoms. The molecule has 3 aliphatic rings. The van der Waals surface area contributed by atoms with Gasteiger partial charge in [-0.1, -0.05) is 59.9 Å². The second-order valence-electron chi connectivity index (χ2n) is 7.54. The Labute approximate surface area is 193 Å². The van der Waals surface area contributed by atoms with Crippen LogP contribution in [0.25, 0.3) is 0 Å². The molecule has 2 N–H and O–H groups in total. The number of amidine groups is 1. The van der Waals surface area contributed by atoms with Gasteiger partial charge in [-0.3, -0.25) is 10.3 Å². The molecule has 1 atom stereocenters. The lowest BCUT2D eigenvalue weighted by atomic mass is 9.82. The number of nitrogens with zero attached hydrogens (tertiary/aromatic N) is 2. The van der Waals surface area contributed by atoms with Gasteiger partial charge < -0.3 is 5.32 Å². The lowest BCUT2D eigenvalue weighted by Crippen LogP contribution is -2.37. The largest absolute Gasteiger partial charge is 0.349 e. The molecular weight excluding hydrogens is 439 g/mol. The monoisotopic (exact) mass is 454 g/mol. The van der Waals surface area contributed by atoms with E-state index >= 15 is 0 Å². The number of nitriles is 1. The number of benzene rings is 3. The molecule has 4 nitrogen and oxygen atoms in total. The molecule has 0 amide bonds. The number of para-hydroxylation sites is 2.